The van der Waals surface area contributed by atoms with Gasteiger partial charge in [-0.2, -0.15) is 5.10 Å². The summed E-state index contributed by atoms with van der Waals surface area (Å²) < 4.78 is 14.8. The fraction of sp³-hybridized carbons (Fsp3) is 0.308. The van der Waals surface area contributed by atoms with Crippen LogP contribution < -0.4 is 4.90 Å². The summed E-state index contributed by atoms with van der Waals surface area (Å²) in [4.78, 5) is 1.94. The van der Waals surface area contributed by atoms with Crippen LogP contribution in [0.5, 0.6) is 0 Å². The first-order chi connectivity index (χ1) is 8.49. The number of hydrogen-bond acceptors (Lipinski definition) is 2. The zero-order chi connectivity index (χ0) is 13.3. The van der Waals surface area contributed by atoms with E-state index in [9.17, 15) is 4.39 Å². The number of anilines is 1. The molecular formula is C13H15ClFN3. The smallest absolute Gasteiger partial charge is 0.131 e. The standard InChI is InChI=1S/C13H15ClFN3/c1-9-12(13(14)18(3)16-9)8-17(2)11-6-4-5-10(15)7-11/h4-7H,8H2,1-3H3. The molecule has 0 N–H and O–H groups in total. The second-order valence-electron chi connectivity index (χ2n) is 4.31. The van der Waals surface area contributed by atoms with Gasteiger partial charge in [-0.1, -0.05) is 17.7 Å². The molecule has 0 bridgehead atoms. The number of nitrogens with zero attached hydrogens (tertiary/aromatic N) is 3. The Balaban J connectivity index is 2.24. The van der Waals surface area contributed by atoms with Crippen molar-refractivity contribution in [1.29, 1.82) is 0 Å². The van der Waals surface area contributed by atoms with Gasteiger partial charge in [0.25, 0.3) is 0 Å². The number of aromatic nitrogens is 2. The summed E-state index contributed by atoms with van der Waals surface area (Å²) in [6, 6.07) is 6.49. The highest BCUT2D eigenvalue weighted by Gasteiger charge is 2.13. The van der Waals surface area contributed by atoms with E-state index in [1.54, 1.807) is 17.8 Å². The maximum atomic E-state index is 13.2. The van der Waals surface area contributed by atoms with Gasteiger partial charge in [0.1, 0.15) is 11.0 Å². The number of benzene rings is 1. The molecule has 0 aliphatic carbocycles. The average molecular weight is 268 g/mol. The van der Waals surface area contributed by atoms with Crippen LogP contribution in [0, 0.1) is 12.7 Å². The predicted molar refractivity (Wildman–Crippen MR) is 71.5 cm³/mol. The van der Waals surface area contributed by atoms with Crippen molar-refractivity contribution in [2.45, 2.75) is 13.5 Å². The molecular weight excluding hydrogens is 253 g/mol. The third kappa shape index (κ3) is 2.48. The highest BCUT2D eigenvalue weighted by Crippen LogP contribution is 2.23. The van der Waals surface area contributed by atoms with Gasteiger partial charge in [-0.25, -0.2) is 4.39 Å². The Hall–Kier alpha value is -1.55. The van der Waals surface area contributed by atoms with E-state index in [2.05, 4.69) is 5.10 Å². The van der Waals surface area contributed by atoms with Crippen LogP contribution in [0.2, 0.25) is 5.15 Å². The summed E-state index contributed by atoms with van der Waals surface area (Å²) in [5, 5.41) is 4.88. The minimum atomic E-state index is -0.242. The third-order valence-corrected chi connectivity index (χ3v) is 3.39. The lowest BCUT2D eigenvalue weighted by Crippen LogP contribution is -2.17. The predicted octanol–water partition coefficient (Wildman–Crippen LogP) is 3.16. The van der Waals surface area contributed by atoms with Crippen LogP contribution in [0.3, 0.4) is 0 Å². The first kappa shape index (κ1) is 12.9. The molecule has 3 nitrogen and oxygen atoms in total. The van der Waals surface area contributed by atoms with Crippen LogP contribution in [-0.2, 0) is 13.6 Å². The zero-order valence-electron chi connectivity index (χ0n) is 10.6. The lowest BCUT2D eigenvalue weighted by molar-refractivity contribution is 0.627. The van der Waals surface area contributed by atoms with E-state index in [0.717, 1.165) is 16.9 Å². The quantitative estimate of drug-likeness (QED) is 0.852. The van der Waals surface area contributed by atoms with Crippen LogP contribution in [-0.4, -0.2) is 16.8 Å². The monoisotopic (exact) mass is 267 g/mol. The van der Waals surface area contributed by atoms with E-state index in [1.807, 2.05) is 24.9 Å². The van der Waals surface area contributed by atoms with Crippen LogP contribution in [0.25, 0.3) is 0 Å². The molecule has 5 heteroatoms. The molecule has 0 radical (unpaired) electrons. The summed E-state index contributed by atoms with van der Waals surface area (Å²) in [5.74, 6) is -0.242. The summed E-state index contributed by atoms with van der Waals surface area (Å²) >= 11 is 6.18. The molecule has 0 aliphatic heterocycles. The summed E-state index contributed by atoms with van der Waals surface area (Å²) in [5.41, 5.74) is 2.67. The first-order valence-electron chi connectivity index (χ1n) is 5.63. The molecule has 0 spiro atoms. The molecule has 0 amide bonds. The van der Waals surface area contributed by atoms with Gasteiger partial charge in [-0.05, 0) is 25.1 Å². The van der Waals surface area contributed by atoms with E-state index in [0.29, 0.717) is 11.7 Å². The molecule has 0 unspecified atom stereocenters. The molecule has 0 saturated heterocycles. The van der Waals surface area contributed by atoms with E-state index in [4.69, 9.17) is 11.6 Å². The second kappa shape index (κ2) is 4.98. The lowest BCUT2D eigenvalue weighted by atomic mass is 10.2. The van der Waals surface area contributed by atoms with E-state index in [1.165, 1.54) is 12.1 Å². The zero-order valence-corrected chi connectivity index (χ0v) is 11.4. The van der Waals surface area contributed by atoms with Crippen LogP contribution >= 0.6 is 11.6 Å². The Morgan fingerprint density at radius 1 is 1.44 bits per heavy atom. The van der Waals surface area contributed by atoms with E-state index >= 15 is 0 Å². The van der Waals surface area contributed by atoms with Gasteiger partial charge >= 0.3 is 0 Å². The van der Waals surface area contributed by atoms with Crippen LogP contribution in [0.4, 0.5) is 10.1 Å². The van der Waals surface area contributed by atoms with Crippen molar-refractivity contribution in [3.05, 3.63) is 46.5 Å². The average Bonchev–Trinajstić information content (AvgIpc) is 2.56. The molecule has 2 rings (SSSR count). The molecule has 2 aromatic rings. The summed E-state index contributed by atoms with van der Waals surface area (Å²) in [6.07, 6.45) is 0. The first-order valence-corrected chi connectivity index (χ1v) is 6.01. The lowest BCUT2D eigenvalue weighted by Gasteiger charge is -2.19. The number of hydrogen-bond donors (Lipinski definition) is 0. The molecule has 1 heterocycles. The summed E-state index contributed by atoms with van der Waals surface area (Å²) in [7, 11) is 3.71. The van der Waals surface area contributed by atoms with Crippen molar-refractivity contribution >= 4 is 17.3 Å². The summed E-state index contributed by atoms with van der Waals surface area (Å²) in [6.45, 7) is 2.52. The van der Waals surface area contributed by atoms with E-state index in [-0.39, 0.29) is 5.82 Å². The highest BCUT2D eigenvalue weighted by molar-refractivity contribution is 6.30. The van der Waals surface area contributed by atoms with Gasteiger partial charge in [0, 0.05) is 31.9 Å². The molecule has 0 aliphatic rings. The van der Waals surface area contributed by atoms with E-state index < -0.39 is 0 Å². The Bertz CT molecular complexity index is 565. The Morgan fingerprint density at radius 3 is 2.72 bits per heavy atom. The third-order valence-electron chi connectivity index (χ3n) is 2.91. The van der Waals surface area contributed by atoms with Crippen molar-refractivity contribution in [2.24, 2.45) is 7.05 Å². The van der Waals surface area contributed by atoms with Crippen molar-refractivity contribution in [2.75, 3.05) is 11.9 Å². The number of rotatable bonds is 3. The molecule has 1 aromatic carbocycles. The van der Waals surface area contributed by atoms with Gasteiger partial charge in [0.15, 0.2) is 0 Å². The van der Waals surface area contributed by atoms with Crippen LogP contribution in [0.15, 0.2) is 24.3 Å². The topological polar surface area (TPSA) is 21.1 Å². The molecule has 0 saturated carbocycles. The Labute approximate surface area is 111 Å². The Morgan fingerprint density at radius 2 is 2.17 bits per heavy atom. The fourth-order valence-corrected chi connectivity index (χ4v) is 2.13. The van der Waals surface area contributed by atoms with Gasteiger partial charge in [0.05, 0.1) is 5.69 Å². The van der Waals surface area contributed by atoms with Gasteiger partial charge < -0.3 is 4.90 Å². The minimum absolute atomic E-state index is 0.242. The minimum Gasteiger partial charge on any atom is -0.370 e. The SMILES string of the molecule is Cc1nn(C)c(Cl)c1CN(C)c1cccc(F)c1. The number of halogens is 2. The maximum absolute atomic E-state index is 13.2. The largest absolute Gasteiger partial charge is 0.370 e. The molecule has 0 fully saturated rings. The van der Waals surface area contributed by atoms with Gasteiger partial charge in [-0.3, -0.25) is 4.68 Å². The second-order valence-corrected chi connectivity index (χ2v) is 4.67. The van der Waals surface area contributed by atoms with Crippen LogP contribution in [0.1, 0.15) is 11.3 Å². The fourth-order valence-electron chi connectivity index (χ4n) is 1.90. The normalized spacial score (nSPS) is 10.7. The Kier molecular flexibility index (Phi) is 3.57. The molecule has 18 heavy (non-hydrogen) atoms. The molecule has 0 atom stereocenters. The van der Waals surface area contributed by atoms with Crippen molar-refractivity contribution in [3.8, 4) is 0 Å². The highest BCUT2D eigenvalue weighted by atomic mass is 35.5. The van der Waals surface area contributed by atoms with Crippen molar-refractivity contribution in [3.63, 3.8) is 0 Å². The molecule has 96 valence electrons. The van der Waals surface area contributed by atoms with Gasteiger partial charge in [-0.15, -0.1) is 0 Å². The maximum Gasteiger partial charge on any atom is 0.131 e. The number of aryl methyl sites for hydroxylation is 2. The van der Waals surface area contributed by atoms with Gasteiger partial charge in [0.2, 0.25) is 0 Å². The molecule has 1 aromatic heterocycles. The van der Waals surface area contributed by atoms with Crippen molar-refractivity contribution < 1.29 is 4.39 Å². The van der Waals surface area contributed by atoms with Crippen molar-refractivity contribution in [1.82, 2.24) is 9.78 Å².